The third kappa shape index (κ3) is 2.09. The van der Waals surface area contributed by atoms with Crippen molar-refractivity contribution in [2.24, 2.45) is 0 Å². The van der Waals surface area contributed by atoms with Gasteiger partial charge < -0.3 is 20.5 Å². The summed E-state index contributed by atoms with van der Waals surface area (Å²) in [6.07, 6.45) is 0. The highest BCUT2D eigenvalue weighted by Gasteiger charge is 2.29. The second-order valence-corrected chi connectivity index (χ2v) is 3.71. The van der Waals surface area contributed by atoms with Crippen LogP contribution < -0.4 is 10.6 Å². The molecular weight excluding hydrogens is 208 g/mol. The minimum Gasteiger partial charge on any atom is -0.480 e. The van der Waals surface area contributed by atoms with Gasteiger partial charge in [-0.1, -0.05) is 0 Å². The van der Waals surface area contributed by atoms with E-state index in [1.54, 1.807) is 12.1 Å². The van der Waals surface area contributed by atoms with Crippen molar-refractivity contribution in [3.05, 3.63) is 24.3 Å². The molecule has 5 heteroatoms. The van der Waals surface area contributed by atoms with Crippen molar-refractivity contribution in [3.8, 4) is 0 Å². The number of hydrogen-bond donors (Lipinski definition) is 2. The molecule has 1 unspecified atom stereocenters. The van der Waals surface area contributed by atoms with Gasteiger partial charge in [-0.25, -0.2) is 4.79 Å². The molecule has 0 saturated carbocycles. The van der Waals surface area contributed by atoms with Gasteiger partial charge in [0.15, 0.2) is 6.04 Å². The monoisotopic (exact) mass is 222 g/mol. The lowest BCUT2D eigenvalue weighted by Gasteiger charge is -2.34. The van der Waals surface area contributed by atoms with Crippen LogP contribution in [0.3, 0.4) is 0 Å². The van der Waals surface area contributed by atoms with E-state index >= 15 is 0 Å². The minimum atomic E-state index is -0.864. The van der Waals surface area contributed by atoms with Crippen LogP contribution in [0.4, 0.5) is 11.4 Å². The molecule has 1 aromatic carbocycles. The molecule has 1 aliphatic rings. The van der Waals surface area contributed by atoms with Crippen LogP contribution in [-0.4, -0.2) is 36.9 Å². The molecule has 1 aliphatic heterocycles. The summed E-state index contributed by atoms with van der Waals surface area (Å²) in [6.45, 7) is 1.36. The topological polar surface area (TPSA) is 75.8 Å². The zero-order valence-corrected chi connectivity index (χ0v) is 8.80. The molecule has 0 amide bonds. The normalized spacial score (nSPS) is 20.8. The number of anilines is 2. The third-order valence-corrected chi connectivity index (χ3v) is 2.64. The van der Waals surface area contributed by atoms with Gasteiger partial charge in [0.25, 0.3) is 0 Å². The number of hydrogen-bond acceptors (Lipinski definition) is 4. The Kier molecular flexibility index (Phi) is 2.96. The fourth-order valence-corrected chi connectivity index (χ4v) is 1.78. The van der Waals surface area contributed by atoms with Gasteiger partial charge in [-0.05, 0) is 24.3 Å². The van der Waals surface area contributed by atoms with Crippen LogP contribution in [-0.2, 0) is 9.53 Å². The Labute approximate surface area is 93.4 Å². The first-order chi connectivity index (χ1) is 7.68. The maximum Gasteiger partial charge on any atom is 0.328 e. The van der Waals surface area contributed by atoms with Crippen LogP contribution >= 0.6 is 0 Å². The Hall–Kier alpha value is -1.75. The van der Waals surface area contributed by atoms with Crippen LogP contribution in [0.15, 0.2) is 24.3 Å². The first-order valence-corrected chi connectivity index (χ1v) is 5.11. The highest BCUT2D eigenvalue weighted by Crippen LogP contribution is 2.21. The molecular formula is C11H14N2O3. The van der Waals surface area contributed by atoms with Crippen molar-refractivity contribution in [2.45, 2.75) is 6.04 Å². The van der Waals surface area contributed by atoms with Crippen molar-refractivity contribution in [1.29, 1.82) is 0 Å². The van der Waals surface area contributed by atoms with Gasteiger partial charge in [0.1, 0.15) is 0 Å². The van der Waals surface area contributed by atoms with E-state index in [4.69, 9.17) is 15.6 Å². The van der Waals surface area contributed by atoms with E-state index in [1.807, 2.05) is 17.0 Å². The van der Waals surface area contributed by atoms with Crippen LogP contribution in [0.25, 0.3) is 0 Å². The Morgan fingerprint density at radius 3 is 2.75 bits per heavy atom. The molecule has 1 aromatic rings. The molecule has 16 heavy (non-hydrogen) atoms. The predicted molar refractivity (Wildman–Crippen MR) is 60.4 cm³/mol. The van der Waals surface area contributed by atoms with E-state index in [0.29, 0.717) is 18.8 Å². The number of benzene rings is 1. The van der Waals surface area contributed by atoms with Crippen LogP contribution in [0.5, 0.6) is 0 Å². The predicted octanol–water partition coefficient (Wildman–Crippen LogP) is 0.559. The average molecular weight is 222 g/mol. The second-order valence-electron chi connectivity index (χ2n) is 3.71. The van der Waals surface area contributed by atoms with E-state index < -0.39 is 12.0 Å². The third-order valence-electron chi connectivity index (χ3n) is 2.64. The van der Waals surface area contributed by atoms with Gasteiger partial charge in [-0.3, -0.25) is 0 Å². The summed E-state index contributed by atoms with van der Waals surface area (Å²) in [7, 11) is 0. The fourth-order valence-electron chi connectivity index (χ4n) is 1.78. The molecule has 2 rings (SSSR count). The minimum absolute atomic E-state index is 0.222. The van der Waals surface area contributed by atoms with Crippen molar-refractivity contribution < 1.29 is 14.6 Å². The molecule has 0 spiro atoms. The van der Waals surface area contributed by atoms with Gasteiger partial charge in [0.05, 0.1) is 13.2 Å². The number of carboxylic acid groups (broad SMARTS) is 1. The smallest absolute Gasteiger partial charge is 0.328 e. The van der Waals surface area contributed by atoms with Crippen LogP contribution in [0, 0.1) is 0 Å². The van der Waals surface area contributed by atoms with E-state index in [0.717, 1.165) is 5.69 Å². The highest BCUT2D eigenvalue weighted by molar-refractivity contribution is 5.78. The number of carboxylic acids is 1. The molecule has 3 N–H and O–H groups in total. The molecule has 0 radical (unpaired) electrons. The van der Waals surface area contributed by atoms with Gasteiger partial charge in [0.2, 0.25) is 0 Å². The first-order valence-electron chi connectivity index (χ1n) is 5.11. The largest absolute Gasteiger partial charge is 0.480 e. The molecule has 0 bridgehead atoms. The van der Waals surface area contributed by atoms with Gasteiger partial charge in [-0.15, -0.1) is 0 Å². The quantitative estimate of drug-likeness (QED) is 0.715. The summed E-state index contributed by atoms with van der Waals surface area (Å²) >= 11 is 0. The summed E-state index contributed by atoms with van der Waals surface area (Å²) < 4.78 is 5.17. The second kappa shape index (κ2) is 4.40. The zero-order chi connectivity index (χ0) is 11.5. The molecule has 5 nitrogen and oxygen atoms in total. The van der Waals surface area contributed by atoms with Crippen molar-refractivity contribution in [3.63, 3.8) is 0 Å². The average Bonchev–Trinajstić information content (AvgIpc) is 2.30. The Balaban J connectivity index is 2.23. The number of morpholine rings is 1. The number of nitrogens with zero attached hydrogens (tertiary/aromatic N) is 1. The summed E-state index contributed by atoms with van der Waals surface area (Å²) in [5.74, 6) is -0.864. The van der Waals surface area contributed by atoms with Gasteiger partial charge in [0, 0.05) is 17.9 Å². The number of rotatable bonds is 2. The summed E-state index contributed by atoms with van der Waals surface area (Å²) in [6, 6.07) is 6.58. The zero-order valence-electron chi connectivity index (χ0n) is 8.80. The van der Waals surface area contributed by atoms with E-state index in [1.165, 1.54) is 0 Å². The van der Waals surface area contributed by atoms with Crippen LogP contribution in [0.1, 0.15) is 0 Å². The Bertz CT molecular complexity index is 377. The lowest BCUT2D eigenvalue weighted by atomic mass is 10.2. The van der Waals surface area contributed by atoms with Crippen molar-refractivity contribution in [2.75, 3.05) is 30.4 Å². The number of aliphatic carboxylic acids is 1. The number of nitrogens with two attached hydrogens (primary N) is 1. The Morgan fingerprint density at radius 2 is 2.12 bits per heavy atom. The SMILES string of the molecule is Nc1ccc(N2CCOCC2C(=O)O)cc1. The molecule has 1 heterocycles. The van der Waals surface area contributed by atoms with Gasteiger partial charge in [-0.2, -0.15) is 0 Å². The van der Waals surface area contributed by atoms with E-state index in [-0.39, 0.29) is 6.61 Å². The molecule has 1 fully saturated rings. The van der Waals surface area contributed by atoms with Crippen molar-refractivity contribution in [1.82, 2.24) is 0 Å². The number of ether oxygens (including phenoxy) is 1. The standard InChI is InChI=1S/C11H14N2O3/c12-8-1-3-9(4-2-8)13-5-6-16-7-10(13)11(14)15/h1-4,10H,5-7,12H2,(H,14,15). The number of carbonyl (C=O) groups is 1. The lowest BCUT2D eigenvalue weighted by molar-refractivity contribution is -0.141. The molecule has 86 valence electrons. The van der Waals surface area contributed by atoms with E-state index in [9.17, 15) is 4.79 Å². The maximum absolute atomic E-state index is 11.1. The van der Waals surface area contributed by atoms with Gasteiger partial charge >= 0.3 is 5.97 Å². The first kappa shape index (κ1) is 10.8. The summed E-state index contributed by atoms with van der Waals surface area (Å²) in [5.41, 5.74) is 7.13. The highest BCUT2D eigenvalue weighted by atomic mass is 16.5. The van der Waals surface area contributed by atoms with E-state index in [2.05, 4.69) is 0 Å². The summed E-state index contributed by atoms with van der Waals surface area (Å²) in [4.78, 5) is 12.9. The van der Waals surface area contributed by atoms with Crippen LogP contribution in [0.2, 0.25) is 0 Å². The molecule has 1 saturated heterocycles. The Morgan fingerprint density at radius 1 is 1.44 bits per heavy atom. The summed E-state index contributed by atoms with van der Waals surface area (Å²) in [5, 5.41) is 9.08. The number of nitrogen functional groups attached to an aromatic ring is 1. The fraction of sp³-hybridized carbons (Fsp3) is 0.364. The lowest BCUT2D eigenvalue weighted by Crippen LogP contribution is -2.50. The van der Waals surface area contributed by atoms with Crippen molar-refractivity contribution >= 4 is 17.3 Å². The molecule has 0 aliphatic carbocycles. The molecule has 0 aromatic heterocycles. The molecule has 1 atom stereocenters. The maximum atomic E-state index is 11.1.